The molecule has 0 aromatic heterocycles. The first-order chi connectivity index (χ1) is 16.1. The van der Waals surface area contributed by atoms with Gasteiger partial charge >= 0.3 is 36.7 Å². The summed E-state index contributed by atoms with van der Waals surface area (Å²) in [7, 11) is 13.0. The molecule has 0 aliphatic carbocycles. The topological polar surface area (TPSA) is 142 Å². The third-order valence-corrected chi connectivity index (χ3v) is 4.70. The molecule has 34 heavy (non-hydrogen) atoms. The van der Waals surface area contributed by atoms with E-state index in [0.717, 1.165) is 0 Å². The van der Waals surface area contributed by atoms with Gasteiger partial charge in [-0.15, -0.1) is 0 Å². The van der Waals surface area contributed by atoms with Gasteiger partial charge in [-0.1, -0.05) is 0 Å². The monoisotopic (exact) mass is 560 g/mol. The van der Waals surface area contributed by atoms with Crippen LogP contribution >= 0.6 is 28.7 Å². The van der Waals surface area contributed by atoms with Crippen LogP contribution in [0.15, 0.2) is 27.0 Å². The molecule has 0 bridgehead atoms. The van der Waals surface area contributed by atoms with E-state index < -0.39 is 11.9 Å². The van der Waals surface area contributed by atoms with Crippen molar-refractivity contribution in [1.29, 1.82) is 0 Å². The van der Waals surface area contributed by atoms with Crippen LogP contribution in [0.1, 0.15) is 20.7 Å². The number of rotatable bonds is 8. The van der Waals surface area contributed by atoms with Crippen molar-refractivity contribution in [3.63, 3.8) is 0 Å². The minimum absolute atomic E-state index is 0.0505. The van der Waals surface area contributed by atoms with Crippen LogP contribution in [0.2, 0.25) is 0 Å². The Kier molecular flexibility index (Phi) is 14.2. The molecule has 0 unspecified atom stereocenters. The van der Waals surface area contributed by atoms with Crippen LogP contribution in [-0.4, -0.2) is 72.4 Å². The standard InChI is InChI=1S/C10H11BrO5.C10H12O5.BHNS/c1-14-6-4-5(10(12)13)7(11)9(16-3)8(6)15-2;1-13-7-4-6(10(11)12)5-8(14-2)9(7)15-3;1-2-3/h4H,1-3H3,(H,12,13);4-5H,1-3H3,(H,11,12);3H. The molecule has 11 nitrogen and oxygen atoms in total. The molecule has 2 aromatic carbocycles. The van der Waals surface area contributed by atoms with Gasteiger partial charge in [-0.2, -0.15) is 0 Å². The van der Waals surface area contributed by atoms with Crippen molar-refractivity contribution in [3.8, 4) is 34.5 Å². The van der Waals surface area contributed by atoms with Crippen LogP contribution in [0.3, 0.4) is 0 Å². The number of carboxylic acids is 2. The van der Waals surface area contributed by atoms with Crippen molar-refractivity contribution in [3.05, 3.63) is 33.8 Å². The number of hydrogen-bond donors (Lipinski definition) is 3. The Morgan fingerprint density at radius 2 is 1.15 bits per heavy atom. The zero-order valence-corrected chi connectivity index (χ0v) is 21.7. The number of carboxylic acid groups (broad SMARTS) is 2. The van der Waals surface area contributed by atoms with E-state index in [1.54, 1.807) is 0 Å². The van der Waals surface area contributed by atoms with E-state index >= 15 is 0 Å². The molecule has 0 heterocycles. The first-order valence-corrected chi connectivity index (χ1v) is 10.1. The summed E-state index contributed by atoms with van der Waals surface area (Å²) in [6.45, 7) is 0. The number of benzene rings is 2. The molecule has 1 radical (unpaired) electrons. The molecule has 185 valence electrons. The van der Waals surface area contributed by atoms with Crippen molar-refractivity contribution < 1.29 is 48.2 Å². The summed E-state index contributed by atoms with van der Waals surface area (Å²) in [5.74, 6) is -0.144. The van der Waals surface area contributed by atoms with E-state index in [2.05, 4.69) is 40.7 Å². The van der Waals surface area contributed by atoms with E-state index in [-0.39, 0.29) is 11.1 Å². The van der Waals surface area contributed by atoms with Gasteiger partial charge in [0.1, 0.15) is 0 Å². The fourth-order valence-corrected chi connectivity index (χ4v) is 3.11. The van der Waals surface area contributed by atoms with Gasteiger partial charge in [-0.05, 0) is 34.1 Å². The van der Waals surface area contributed by atoms with E-state index in [9.17, 15) is 9.59 Å². The molecule has 2 N–H and O–H groups in total. The fourth-order valence-electron chi connectivity index (χ4n) is 2.48. The summed E-state index contributed by atoms with van der Waals surface area (Å²) in [6.07, 6.45) is 0. The SMILES string of the molecule is COc1cc(C(=O)O)c(Br)c(OC)c1OC.COc1cc(C(=O)O)cc(OC)c1OC.[B]=NS. The third kappa shape index (κ3) is 8.03. The molecule has 0 saturated heterocycles. The molecule has 0 atom stereocenters. The van der Waals surface area contributed by atoms with Crippen LogP contribution in [0.25, 0.3) is 0 Å². The Balaban J connectivity index is 0.000000575. The van der Waals surface area contributed by atoms with Gasteiger partial charge in [0.2, 0.25) is 11.5 Å². The second-order valence-corrected chi connectivity index (χ2v) is 6.67. The average Bonchev–Trinajstić information content (AvgIpc) is 2.82. The second kappa shape index (κ2) is 15.7. The maximum absolute atomic E-state index is 11.0. The molecular formula is C20H24BBrNO10S. The Hall–Kier alpha value is -3.13. The molecule has 2 aromatic rings. The number of nitrogens with zero attached hydrogens (tertiary/aromatic N) is 1. The van der Waals surface area contributed by atoms with E-state index in [1.165, 1.54) is 60.9 Å². The van der Waals surface area contributed by atoms with Gasteiger partial charge < -0.3 is 38.6 Å². The van der Waals surface area contributed by atoms with Crippen molar-refractivity contribution in [2.45, 2.75) is 0 Å². The molecule has 0 aliphatic rings. The van der Waals surface area contributed by atoms with Crippen LogP contribution in [-0.2, 0) is 0 Å². The second-order valence-electron chi connectivity index (χ2n) is 5.65. The minimum atomic E-state index is -1.08. The normalized spacial score (nSPS) is 9.15. The summed E-state index contributed by atoms with van der Waals surface area (Å²) in [5, 5.41) is 17.8. The van der Waals surface area contributed by atoms with E-state index in [0.29, 0.717) is 39.0 Å². The van der Waals surface area contributed by atoms with E-state index in [4.69, 9.17) is 38.6 Å². The van der Waals surface area contributed by atoms with Gasteiger partial charge in [0.05, 0.1) is 58.3 Å². The molecule has 2 rings (SSSR count). The number of halogens is 1. The van der Waals surface area contributed by atoms with Crippen LogP contribution < -0.4 is 28.4 Å². The summed E-state index contributed by atoms with van der Waals surface area (Å²) in [6, 6.07) is 4.13. The quantitative estimate of drug-likeness (QED) is 0.322. The molecule has 0 spiro atoms. The molecule has 0 saturated carbocycles. The molecule has 0 amide bonds. The number of carbonyl (C=O) groups is 2. The molecule has 0 aliphatic heterocycles. The van der Waals surface area contributed by atoms with Gasteiger partial charge in [0.25, 0.3) is 0 Å². The predicted molar refractivity (Wildman–Crippen MR) is 131 cm³/mol. The Morgan fingerprint density at radius 1 is 0.765 bits per heavy atom. The van der Waals surface area contributed by atoms with Gasteiger partial charge in [0.15, 0.2) is 23.0 Å². The molecule has 14 heteroatoms. The fraction of sp³-hybridized carbons (Fsp3) is 0.300. The van der Waals surface area contributed by atoms with Gasteiger partial charge in [0, 0.05) is 0 Å². The van der Waals surface area contributed by atoms with Crippen LogP contribution in [0.5, 0.6) is 34.5 Å². The number of thiol groups is 1. The Bertz CT molecular complexity index is 981. The summed E-state index contributed by atoms with van der Waals surface area (Å²) in [4.78, 5) is 21.8. The predicted octanol–water partition coefficient (Wildman–Crippen LogP) is 3.77. The van der Waals surface area contributed by atoms with Crippen molar-refractivity contribution in [2.75, 3.05) is 42.7 Å². The summed E-state index contributed by atoms with van der Waals surface area (Å²) >= 11 is 6.35. The van der Waals surface area contributed by atoms with Gasteiger partial charge in [-0.25, -0.2) is 9.59 Å². The molecular weight excluding hydrogens is 537 g/mol. The maximum atomic E-state index is 11.0. The first-order valence-electron chi connectivity index (χ1n) is 8.91. The summed E-state index contributed by atoms with van der Waals surface area (Å²) < 4.78 is 33.3. The number of methoxy groups -OCH3 is 6. The summed E-state index contributed by atoms with van der Waals surface area (Å²) in [5.41, 5.74) is 0.138. The Morgan fingerprint density at radius 3 is 1.44 bits per heavy atom. The Labute approximate surface area is 211 Å². The number of ether oxygens (including phenoxy) is 6. The number of aromatic carboxylic acids is 2. The zero-order valence-electron chi connectivity index (χ0n) is 19.2. The van der Waals surface area contributed by atoms with Crippen molar-refractivity contribution >= 4 is 48.3 Å². The third-order valence-electron chi connectivity index (χ3n) is 3.91. The van der Waals surface area contributed by atoms with Crippen LogP contribution in [0.4, 0.5) is 0 Å². The molecule has 0 fully saturated rings. The average molecular weight is 561 g/mol. The number of hydrogen-bond acceptors (Lipinski definition) is 10. The zero-order chi connectivity index (χ0) is 26.4. The van der Waals surface area contributed by atoms with Crippen LogP contribution in [0, 0.1) is 0 Å². The first kappa shape index (κ1) is 30.9. The van der Waals surface area contributed by atoms with Gasteiger partial charge in [-0.3, -0.25) is 0 Å². The van der Waals surface area contributed by atoms with E-state index in [1.807, 2.05) is 0 Å². The van der Waals surface area contributed by atoms with Crippen molar-refractivity contribution in [2.24, 2.45) is 4.30 Å². The van der Waals surface area contributed by atoms with Crippen molar-refractivity contribution in [1.82, 2.24) is 0 Å².